The van der Waals surface area contributed by atoms with Crippen molar-refractivity contribution in [2.75, 3.05) is 6.61 Å². The first-order valence-electron chi connectivity index (χ1n) is 13.0. The van der Waals surface area contributed by atoms with Gasteiger partial charge in [0, 0.05) is 26.7 Å². The van der Waals surface area contributed by atoms with Gasteiger partial charge in [0.1, 0.15) is 18.8 Å². The standard InChI is InChI=1S/C27H42O6/c1-16(28)31-15-25(33-18(3)30)24-9-8-22-21-7-6-19-14-20(32-17(2)29)10-12-26(19,4)23(21)11-13-27(22,24)5/h19-25H,6-15H2,1-5H3/t19-,20?,21?,22?,23?,24?,25?,26?,27?/m0/s1. The van der Waals surface area contributed by atoms with E-state index in [-0.39, 0.29) is 48.1 Å². The first kappa shape index (κ1) is 24.5. The van der Waals surface area contributed by atoms with Crippen molar-refractivity contribution in [2.45, 2.75) is 105 Å². The first-order valence-corrected chi connectivity index (χ1v) is 13.0. The van der Waals surface area contributed by atoms with E-state index in [0.717, 1.165) is 38.5 Å². The van der Waals surface area contributed by atoms with Gasteiger partial charge in [-0.1, -0.05) is 13.8 Å². The van der Waals surface area contributed by atoms with Crippen LogP contribution in [-0.4, -0.2) is 36.7 Å². The van der Waals surface area contributed by atoms with E-state index >= 15 is 0 Å². The SMILES string of the molecule is CC(=O)OCC(OC(C)=O)C1CCC2C3CC[C@H]4CC(OC(C)=O)CCC4(C)C3CCC12C. The average Bonchev–Trinajstić information content (AvgIpc) is 3.08. The molecule has 4 aliphatic rings. The van der Waals surface area contributed by atoms with Gasteiger partial charge in [0.15, 0.2) is 0 Å². The lowest BCUT2D eigenvalue weighted by atomic mass is 9.44. The van der Waals surface area contributed by atoms with Crippen LogP contribution in [0.5, 0.6) is 0 Å². The van der Waals surface area contributed by atoms with Gasteiger partial charge in [0.05, 0.1) is 0 Å². The van der Waals surface area contributed by atoms with Crippen molar-refractivity contribution in [2.24, 2.45) is 40.4 Å². The highest BCUT2D eigenvalue weighted by atomic mass is 16.6. The molecule has 4 rings (SSSR count). The molecule has 33 heavy (non-hydrogen) atoms. The Bertz CT molecular complexity index is 779. The van der Waals surface area contributed by atoms with Gasteiger partial charge < -0.3 is 14.2 Å². The Morgan fingerprint density at radius 3 is 2.18 bits per heavy atom. The minimum Gasteiger partial charge on any atom is -0.463 e. The third-order valence-corrected chi connectivity index (χ3v) is 10.2. The van der Waals surface area contributed by atoms with Crippen LogP contribution in [0, 0.1) is 40.4 Å². The third-order valence-electron chi connectivity index (χ3n) is 10.2. The predicted molar refractivity (Wildman–Crippen MR) is 123 cm³/mol. The van der Waals surface area contributed by atoms with E-state index in [9.17, 15) is 14.4 Å². The summed E-state index contributed by atoms with van der Waals surface area (Å²) < 4.78 is 16.6. The van der Waals surface area contributed by atoms with Crippen molar-refractivity contribution in [3.63, 3.8) is 0 Å². The molecule has 0 N–H and O–H groups in total. The van der Waals surface area contributed by atoms with Crippen LogP contribution in [0.15, 0.2) is 0 Å². The van der Waals surface area contributed by atoms with Crippen LogP contribution in [0.25, 0.3) is 0 Å². The third kappa shape index (κ3) is 4.55. The summed E-state index contributed by atoms with van der Waals surface area (Å²) >= 11 is 0. The average molecular weight is 463 g/mol. The molecule has 9 atom stereocenters. The van der Waals surface area contributed by atoms with Crippen molar-refractivity contribution in [3.05, 3.63) is 0 Å². The molecular formula is C27H42O6. The van der Waals surface area contributed by atoms with Crippen LogP contribution < -0.4 is 0 Å². The number of rotatable bonds is 5. The number of ether oxygens (including phenoxy) is 3. The van der Waals surface area contributed by atoms with Crippen LogP contribution in [0.3, 0.4) is 0 Å². The molecule has 4 aliphatic carbocycles. The number of carbonyl (C=O) groups is 3. The van der Waals surface area contributed by atoms with Crippen LogP contribution in [0.4, 0.5) is 0 Å². The van der Waals surface area contributed by atoms with Crippen LogP contribution in [-0.2, 0) is 28.6 Å². The van der Waals surface area contributed by atoms with Crippen LogP contribution in [0.2, 0.25) is 0 Å². The Labute approximate surface area is 198 Å². The highest BCUT2D eigenvalue weighted by Crippen LogP contribution is 2.68. The Hall–Kier alpha value is -1.59. The Morgan fingerprint density at radius 1 is 0.818 bits per heavy atom. The zero-order valence-corrected chi connectivity index (χ0v) is 21.1. The second-order valence-corrected chi connectivity index (χ2v) is 11.8. The topological polar surface area (TPSA) is 78.9 Å². The molecule has 186 valence electrons. The van der Waals surface area contributed by atoms with Gasteiger partial charge in [-0.15, -0.1) is 0 Å². The van der Waals surface area contributed by atoms with Crippen molar-refractivity contribution < 1.29 is 28.6 Å². The Kier molecular flexibility index (Phi) is 6.85. The van der Waals surface area contributed by atoms with Crippen molar-refractivity contribution in [1.82, 2.24) is 0 Å². The molecule has 0 spiro atoms. The quantitative estimate of drug-likeness (QED) is 0.419. The second kappa shape index (κ2) is 9.22. The number of esters is 3. The Balaban J connectivity index is 1.50. The lowest BCUT2D eigenvalue weighted by Crippen LogP contribution is -2.55. The molecule has 0 radical (unpaired) electrons. The fourth-order valence-electron chi connectivity index (χ4n) is 8.86. The van der Waals surface area contributed by atoms with E-state index in [1.165, 1.54) is 40.0 Å². The zero-order chi connectivity index (χ0) is 24.0. The summed E-state index contributed by atoms with van der Waals surface area (Å²) in [6, 6.07) is 0. The number of carbonyl (C=O) groups excluding carboxylic acids is 3. The molecule has 4 fully saturated rings. The van der Waals surface area contributed by atoms with Gasteiger partial charge in [-0.2, -0.15) is 0 Å². The molecule has 6 nitrogen and oxygen atoms in total. The van der Waals surface area contributed by atoms with Gasteiger partial charge in [-0.05, 0) is 92.3 Å². The second-order valence-electron chi connectivity index (χ2n) is 11.8. The van der Waals surface area contributed by atoms with E-state index in [2.05, 4.69) is 13.8 Å². The molecule has 0 aliphatic heterocycles. The highest BCUT2D eigenvalue weighted by molar-refractivity contribution is 5.67. The molecule has 0 saturated heterocycles. The van der Waals surface area contributed by atoms with Crippen molar-refractivity contribution >= 4 is 17.9 Å². The monoisotopic (exact) mass is 462 g/mol. The summed E-state index contributed by atoms with van der Waals surface area (Å²) in [5.74, 6) is 2.13. The van der Waals surface area contributed by atoms with Crippen molar-refractivity contribution in [1.29, 1.82) is 0 Å². The zero-order valence-electron chi connectivity index (χ0n) is 21.1. The van der Waals surface area contributed by atoms with Gasteiger partial charge in [-0.25, -0.2) is 0 Å². The molecule has 0 heterocycles. The molecule has 0 aromatic carbocycles. The maximum atomic E-state index is 11.8. The number of fused-ring (bicyclic) bond motifs is 5. The molecule has 8 unspecified atom stereocenters. The summed E-state index contributed by atoms with van der Waals surface area (Å²) in [5.41, 5.74) is 0.436. The smallest absolute Gasteiger partial charge is 0.303 e. The van der Waals surface area contributed by atoms with Gasteiger partial charge in [-0.3, -0.25) is 14.4 Å². The fraction of sp³-hybridized carbons (Fsp3) is 0.889. The van der Waals surface area contributed by atoms with Gasteiger partial charge >= 0.3 is 17.9 Å². The van der Waals surface area contributed by atoms with Crippen LogP contribution >= 0.6 is 0 Å². The fourth-order valence-corrected chi connectivity index (χ4v) is 8.86. The maximum Gasteiger partial charge on any atom is 0.303 e. The molecule has 0 aromatic heterocycles. The summed E-state index contributed by atoms with van der Waals surface area (Å²) in [7, 11) is 0. The lowest BCUT2D eigenvalue weighted by Gasteiger charge is -2.61. The summed E-state index contributed by atoms with van der Waals surface area (Å²) in [4.78, 5) is 34.8. The molecular weight excluding hydrogens is 420 g/mol. The van der Waals surface area contributed by atoms with E-state index < -0.39 is 0 Å². The predicted octanol–water partition coefficient (Wildman–Crippen LogP) is 5.07. The molecule has 6 heteroatoms. The Morgan fingerprint density at radius 2 is 1.52 bits per heavy atom. The first-order chi connectivity index (χ1) is 15.5. The molecule has 0 amide bonds. The summed E-state index contributed by atoms with van der Waals surface area (Å²) in [6.07, 6.45) is 9.87. The minimum absolute atomic E-state index is 0.0904. The lowest BCUT2D eigenvalue weighted by molar-refractivity contribution is -0.171. The molecule has 4 saturated carbocycles. The highest BCUT2D eigenvalue weighted by Gasteiger charge is 2.61. The summed E-state index contributed by atoms with van der Waals surface area (Å²) in [6.45, 7) is 9.45. The largest absolute Gasteiger partial charge is 0.463 e. The summed E-state index contributed by atoms with van der Waals surface area (Å²) in [5, 5.41) is 0. The van der Waals surface area contributed by atoms with Gasteiger partial charge in [0.25, 0.3) is 0 Å². The van der Waals surface area contributed by atoms with Gasteiger partial charge in [0.2, 0.25) is 0 Å². The molecule has 0 aromatic rings. The maximum absolute atomic E-state index is 11.8. The van der Waals surface area contributed by atoms with E-state index in [4.69, 9.17) is 14.2 Å². The van der Waals surface area contributed by atoms with E-state index in [1.54, 1.807) is 0 Å². The normalized spacial score (nSPS) is 42.8. The van der Waals surface area contributed by atoms with Crippen LogP contribution in [0.1, 0.15) is 92.4 Å². The number of hydrogen-bond donors (Lipinski definition) is 0. The molecule has 0 bridgehead atoms. The van der Waals surface area contributed by atoms with E-state index in [1.807, 2.05) is 0 Å². The van der Waals surface area contributed by atoms with E-state index in [0.29, 0.717) is 29.1 Å². The number of hydrogen-bond acceptors (Lipinski definition) is 6. The van der Waals surface area contributed by atoms with Crippen molar-refractivity contribution in [3.8, 4) is 0 Å². The minimum atomic E-state index is -0.357.